The van der Waals surface area contributed by atoms with E-state index in [0.717, 1.165) is 18.0 Å². The summed E-state index contributed by atoms with van der Waals surface area (Å²) in [6.45, 7) is 3.20. The van der Waals surface area contributed by atoms with Crippen LogP contribution in [0.5, 0.6) is 0 Å². The van der Waals surface area contributed by atoms with Crippen LogP contribution in [0.3, 0.4) is 0 Å². The average molecular weight is 290 g/mol. The molecule has 1 atom stereocenters. The minimum Gasteiger partial charge on any atom is -0.305 e. The number of hydrogen-bond donors (Lipinski definition) is 1. The van der Waals surface area contributed by atoms with E-state index in [9.17, 15) is 0 Å². The molecule has 0 aliphatic heterocycles. The summed E-state index contributed by atoms with van der Waals surface area (Å²) in [5.41, 5.74) is 1.46. The minimum atomic E-state index is 0.147. The summed E-state index contributed by atoms with van der Waals surface area (Å²) in [5, 5.41) is 8.83. The van der Waals surface area contributed by atoms with E-state index in [1.54, 1.807) is 0 Å². The normalized spacial score (nSPS) is 17.9. The molecule has 0 amide bonds. The topological polar surface area (TPSA) is 29.9 Å². The molecule has 4 heteroatoms. The molecule has 1 aromatic heterocycles. The van der Waals surface area contributed by atoms with Crippen molar-refractivity contribution in [2.24, 2.45) is 0 Å². The molecule has 20 heavy (non-hydrogen) atoms. The van der Waals surface area contributed by atoms with Crippen molar-refractivity contribution in [2.45, 2.75) is 44.3 Å². The van der Waals surface area contributed by atoms with Crippen LogP contribution in [0, 0.1) is 0 Å². The fourth-order valence-corrected chi connectivity index (χ4v) is 2.92. The van der Waals surface area contributed by atoms with Gasteiger partial charge in [-0.25, -0.2) is 0 Å². The second-order valence-corrected chi connectivity index (χ2v) is 6.13. The molecule has 0 radical (unpaired) electrons. The molecule has 1 aliphatic rings. The van der Waals surface area contributed by atoms with Gasteiger partial charge in [0.05, 0.1) is 0 Å². The van der Waals surface area contributed by atoms with E-state index in [4.69, 9.17) is 11.6 Å². The molecular formula is C16H20ClN3. The third kappa shape index (κ3) is 3.05. The highest BCUT2D eigenvalue weighted by molar-refractivity contribution is 6.30. The smallest absolute Gasteiger partial charge is 0.0489 e. The molecule has 1 N–H and O–H groups in total. The number of benzene rings is 1. The lowest BCUT2D eigenvalue weighted by atomic mass is 10.0. The van der Waals surface area contributed by atoms with Crippen molar-refractivity contribution < 1.29 is 0 Å². The zero-order valence-electron chi connectivity index (χ0n) is 11.7. The number of aryl methyl sites for hydroxylation is 1. The number of nitrogens with one attached hydrogen (secondary N) is 1. The van der Waals surface area contributed by atoms with Crippen LogP contribution in [-0.4, -0.2) is 15.8 Å². The Hall–Kier alpha value is -1.32. The van der Waals surface area contributed by atoms with Crippen molar-refractivity contribution in [3.05, 3.63) is 53.3 Å². The van der Waals surface area contributed by atoms with E-state index < -0.39 is 0 Å². The van der Waals surface area contributed by atoms with E-state index in [2.05, 4.69) is 29.5 Å². The first-order chi connectivity index (χ1) is 9.68. The monoisotopic (exact) mass is 289 g/mol. The third-order valence-corrected chi connectivity index (χ3v) is 4.24. The highest BCUT2D eigenvalue weighted by Gasteiger charge is 2.44. The van der Waals surface area contributed by atoms with E-state index in [1.165, 1.54) is 18.4 Å². The predicted octanol–water partition coefficient (Wildman–Crippen LogP) is 3.59. The molecule has 0 spiro atoms. The van der Waals surface area contributed by atoms with Crippen LogP contribution < -0.4 is 5.32 Å². The van der Waals surface area contributed by atoms with Gasteiger partial charge in [-0.2, -0.15) is 5.10 Å². The van der Waals surface area contributed by atoms with Gasteiger partial charge in [0, 0.05) is 35.5 Å². The standard InChI is InChI=1S/C16H20ClN3/c1-13(6-11-20-10-3-9-18-20)19-16(7-8-16)14-4-2-5-15(17)12-14/h2-5,9-10,12-13,19H,6-8,11H2,1H3/t13-/m1/s1. The van der Waals surface area contributed by atoms with Gasteiger partial charge in [-0.05, 0) is 49.9 Å². The summed E-state index contributed by atoms with van der Waals surface area (Å²) in [5.74, 6) is 0. The molecule has 1 fully saturated rings. The molecule has 1 aromatic carbocycles. The van der Waals surface area contributed by atoms with Crippen LogP contribution in [0.25, 0.3) is 0 Å². The van der Waals surface area contributed by atoms with Gasteiger partial charge in [-0.1, -0.05) is 23.7 Å². The van der Waals surface area contributed by atoms with Crippen LogP contribution in [-0.2, 0) is 12.1 Å². The van der Waals surface area contributed by atoms with Crippen LogP contribution in [0.15, 0.2) is 42.7 Å². The number of rotatable bonds is 6. The lowest BCUT2D eigenvalue weighted by Crippen LogP contribution is -2.37. The van der Waals surface area contributed by atoms with Crippen molar-refractivity contribution in [3.63, 3.8) is 0 Å². The van der Waals surface area contributed by atoms with Crippen molar-refractivity contribution in [1.29, 1.82) is 0 Å². The Balaban J connectivity index is 1.59. The Morgan fingerprint density at radius 3 is 2.90 bits per heavy atom. The highest BCUT2D eigenvalue weighted by atomic mass is 35.5. The highest BCUT2D eigenvalue weighted by Crippen LogP contribution is 2.46. The first kappa shape index (κ1) is 13.7. The molecule has 0 saturated heterocycles. The average Bonchev–Trinajstić information content (AvgIpc) is 3.02. The van der Waals surface area contributed by atoms with Gasteiger partial charge in [0.2, 0.25) is 0 Å². The molecule has 1 aliphatic carbocycles. The number of hydrogen-bond acceptors (Lipinski definition) is 2. The summed E-state index contributed by atoms with van der Waals surface area (Å²) in [6.07, 6.45) is 7.30. The van der Waals surface area contributed by atoms with Crippen molar-refractivity contribution >= 4 is 11.6 Å². The molecule has 3 rings (SSSR count). The van der Waals surface area contributed by atoms with Crippen molar-refractivity contribution in [3.8, 4) is 0 Å². The van der Waals surface area contributed by atoms with Gasteiger partial charge in [-0.15, -0.1) is 0 Å². The summed E-state index contributed by atoms with van der Waals surface area (Å²) in [4.78, 5) is 0. The van der Waals surface area contributed by atoms with Gasteiger partial charge in [0.15, 0.2) is 0 Å². The quantitative estimate of drug-likeness (QED) is 0.881. The molecule has 106 valence electrons. The van der Waals surface area contributed by atoms with Gasteiger partial charge in [0.25, 0.3) is 0 Å². The van der Waals surface area contributed by atoms with E-state index >= 15 is 0 Å². The molecule has 1 heterocycles. The molecule has 0 bridgehead atoms. The van der Waals surface area contributed by atoms with Gasteiger partial charge in [0.1, 0.15) is 0 Å². The van der Waals surface area contributed by atoms with E-state index in [0.29, 0.717) is 6.04 Å². The number of aromatic nitrogens is 2. The lowest BCUT2D eigenvalue weighted by molar-refractivity contribution is 0.395. The fourth-order valence-electron chi connectivity index (χ4n) is 2.73. The Morgan fingerprint density at radius 2 is 2.25 bits per heavy atom. The SMILES string of the molecule is C[C@H](CCn1cccn1)NC1(c2cccc(Cl)c2)CC1. The Kier molecular flexibility index (Phi) is 3.81. The maximum atomic E-state index is 6.10. The maximum Gasteiger partial charge on any atom is 0.0489 e. The van der Waals surface area contributed by atoms with Crippen LogP contribution in [0.4, 0.5) is 0 Å². The molecule has 2 aromatic rings. The molecule has 3 nitrogen and oxygen atoms in total. The van der Waals surface area contributed by atoms with Crippen molar-refractivity contribution in [2.75, 3.05) is 0 Å². The zero-order valence-corrected chi connectivity index (χ0v) is 12.5. The third-order valence-electron chi connectivity index (χ3n) is 4.00. The van der Waals surface area contributed by atoms with E-state index in [1.807, 2.05) is 35.3 Å². The second-order valence-electron chi connectivity index (χ2n) is 5.70. The first-order valence-electron chi connectivity index (χ1n) is 7.19. The molecule has 0 unspecified atom stereocenters. The van der Waals surface area contributed by atoms with Crippen LogP contribution in [0.1, 0.15) is 31.7 Å². The number of nitrogens with zero attached hydrogens (tertiary/aromatic N) is 2. The molecular weight excluding hydrogens is 270 g/mol. The number of halogens is 1. The van der Waals surface area contributed by atoms with Gasteiger partial charge < -0.3 is 5.32 Å². The largest absolute Gasteiger partial charge is 0.305 e. The van der Waals surface area contributed by atoms with Crippen molar-refractivity contribution in [1.82, 2.24) is 15.1 Å². The summed E-state index contributed by atoms with van der Waals surface area (Å²) in [7, 11) is 0. The molecule has 1 saturated carbocycles. The Labute approximate surface area is 124 Å². The van der Waals surface area contributed by atoms with Crippen LogP contribution >= 0.6 is 11.6 Å². The predicted molar refractivity (Wildman–Crippen MR) is 81.8 cm³/mol. The maximum absolute atomic E-state index is 6.10. The Morgan fingerprint density at radius 1 is 1.40 bits per heavy atom. The Bertz CT molecular complexity index is 561. The summed E-state index contributed by atoms with van der Waals surface area (Å²) >= 11 is 6.10. The lowest BCUT2D eigenvalue weighted by Gasteiger charge is -2.23. The first-order valence-corrected chi connectivity index (χ1v) is 7.57. The summed E-state index contributed by atoms with van der Waals surface area (Å²) < 4.78 is 1.98. The van der Waals surface area contributed by atoms with Gasteiger partial charge >= 0.3 is 0 Å². The van der Waals surface area contributed by atoms with Crippen LogP contribution in [0.2, 0.25) is 5.02 Å². The van der Waals surface area contributed by atoms with E-state index in [-0.39, 0.29) is 5.54 Å². The minimum absolute atomic E-state index is 0.147. The second kappa shape index (κ2) is 5.58. The summed E-state index contributed by atoms with van der Waals surface area (Å²) in [6, 6.07) is 10.6. The zero-order chi connectivity index (χ0) is 14.0. The fraction of sp³-hybridized carbons (Fsp3) is 0.438. The van der Waals surface area contributed by atoms with Gasteiger partial charge in [-0.3, -0.25) is 4.68 Å².